The highest BCUT2D eigenvalue weighted by atomic mass is 35.5. The molecule has 1 N–H and O–H groups in total. The van der Waals surface area contributed by atoms with Crippen LogP contribution in [0.3, 0.4) is 0 Å². The fourth-order valence-electron chi connectivity index (χ4n) is 4.25. The van der Waals surface area contributed by atoms with E-state index in [1.165, 1.54) is 5.56 Å². The van der Waals surface area contributed by atoms with Crippen LogP contribution in [0.1, 0.15) is 29.7 Å². The van der Waals surface area contributed by atoms with Crippen LogP contribution in [0, 0.1) is 26.7 Å². The van der Waals surface area contributed by atoms with Gasteiger partial charge in [-0.3, -0.25) is 4.79 Å². The Morgan fingerprint density at radius 2 is 1.94 bits per heavy atom. The van der Waals surface area contributed by atoms with Crippen molar-refractivity contribution in [3.63, 3.8) is 0 Å². The van der Waals surface area contributed by atoms with Crippen molar-refractivity contribution in [2.75, 3.05) is 23.3 Å². The van der Waals surface area contributed by atoms with Gasteiger partial charge >= 0.3 is 0 Å². The molecule has 0 unspecified atom stereocenters. The first kappa shape index (κ1) is 21.9. The van der Waals surface area contributed by atoms with E-state index >= 15 is 0 Å². The number of halogens is 1. The normalized spacial score (nSPS) is 16.4. The Hall–Kier alpha value is -2.90. The van der Waals surface area contributed by atoms with Crippen molar-refractivity contribution in [2.45, 2.75) is 33.6 Å². The summed E-state index contributed by atoms with van der Waals surface area (Å²) in [6, 6.07) is 13.9. The van der Waals surface area contributed by atoms with Crippen molar-refractivity contribution in [1.82, 2.24) is 14.8 Å². The molecule has 8 heteroatoms. The summed E-state index contributed by atoms with van der Waals surface area (Å²) < 4.78 is 3.01. The second-order valence-electron chi connectivity index (χ2n) is 8.72. The summed E-state index contributed by atoms with van der Waals surface area (Å²) in [6.07, 6.45) is 1.81. The van der Waals surface area contributed by atoms with Gasteiger partial charge in [0, 0.05) is 23.8 Å². The van der Waals surface area contributed by atoms with Crippen LogP contribution in [0.5, 0.6) is 0 Å². The number of amides is 1. The average Bonchev–Trinajstić information content (AvgIpc) is 3.38. The second-order valence-corrected chi connectivity index (χ2v) is 10.1. The van der Waals surface area contributed by atoms with Crippen LogP contribution in [-0.2, 0) is 4.79 Å². The highest BCUT2D eigenvalue weighted by Crippen LogP contribution is 2.35. The number of piperidine rings is 1. The Bertz CT molecular complexity index is 1330. The minimum atomic E-state index is -0.0983. The summed E-state index contributed by atoms with van der Waals surface area (Å²) in [5, 5.41) is 9.36. The van der Waals surface area contributed by atoms with Gasteiger partial charge in [0.05, 0.1) is 22.0 Å². The van der Waals surface area contributed by atoms with Gasteiger partial charge in [0.25, 0.3) is 0 Å². The number of carbonyl (C=O) groups excluding carboxylic acids is 1. The van der Waals surface area contributed by atoms with E-state index in [4.69, 9.17) is 21.7 Å². The number of benzene rings is 2. The SMILES string of the molecule is Cc1ccc(-n2nc(C)c3sc(N4CCC[C@H](C(=O)Nc5cc(Cl)ccc5C)C4)nc32)cc1. The number of hydrogen-bond donors (Lipinski definition) is 1. The van der Waals surface area contributed by atoms with Gasteiger partial charge < -0.3 is 10.2 Å². The molecule has 1 atom stereocenters. The maximum atomic E-state index is 13.0. The first-order valence-corrected chi connectivity index (χ1v) is 12.3. The maximum Gasteiger partial charge on any atom is 0.229 e. The van der Waals surface area contributed by atoms with Crippen molar-refractivity contribution < 1.29 is 4.79 Å². The van der Waals surface area contributed by atoms with Gasteiger partial charge in [-0.25, -0.2) is 4.68 Å². The lowest BCUT2D eigenvalue weighted by Crippen LogP contribution is -2.40. The number of nitrogens with zero attached hydrogens (tertiary/aromatic N) is 4. The third kappa shape index (κ3) is 4.35. The van der Waals surface area contributed by atoms with Crippen LogP contribution < -0.4 is 10.2 Å². The summed E-state index contributed by atoms with van der Waals surface area (Å²) in [5.41, 5.74) is 5.84. The molecule has 0 aliphatic carbocycles. The van der Waals surface area contributed by atoms with E-state index in [1.54, 1.807) is 11.3 Å². The van der Waals surface area contributed by atoms with Gasteiger partial charge in [-0.1, -0.05) is 46.7 Å². The molecule has 0 bridgehead atoms. The van der Waals surface area contributed by atoms with Crippen molar-refractivity contribution in [1.29, 1.82) is 0 Å². The number of thiazole rings is 1. The number of aryl methyl sites for hydroxylation is 3. The van der Waals surface area contributed by atoms with Gasteiger partial charge in [-0.15, -0.1) is 0 Å². The van der Waals surface area contributed by atoms with E-state index in [1.807, 2.05) is 36.7 Å². The van der Waals surface area contributed by atoms with Gasteiger partial charge in [-0.05, 0) is 63.4 Å². The molecule has 170 valence electrons. The summed E-state index contributed by atoms with van der Waals surface area (Å²) in [7, 11) is 0. The number of carbonyl (C=O) groups is 1. The van der Waals surface area contributed by atoms with Crippen molar-refractivity contribution in [3.8, 4) is 5.69 Å². The summed E-state index contributed by atoms with van der Waals surface area (Å²) in [5.74, 6) is -0.0629. The molecule has 2 aromatic heterocycles. The monoisotopic (exact) mass is 479 g/mol. The molecule has 4 aromatic rings. The average molecular weight is 480 g/mol. The maximum absolute atomic E-state index is 13.0. The molecule has 1 amide bonds. The number of rotatable bonds is 4. The Balaban J connectivity index is 1.37. The van der Waals surface area contributed by atoms with Crippen LogP contribution in [0.4, 0.5) is 10.8 Å². The zero-order chi connectivity index (χ0) is 23.1. The summed E-state index contributed by atoms with van der Waals surface area (Å²) in [4.78, 5) is 20.2. The van der Waals surface area contributed by atoms with E-state index in [2.05, 4.69) is 41.4 Å². The molecule has 0 spiro atoms. The largest absolute Gasteiger partial charge is 0.347 e. The molecule has 33 heavy (non-hydrogen) atoms. The number of fused-ring (bicyclic) bond motifs is 1. The molecular weight excluding hydrogens is 454 g/mol. The molecule has 3 heterocycles. The van der Waals surface area contributed by atoms with Crippen LogP contribution in [0.25, 0.3) is 16.0 Å². The molecule has 6 nitrogen and oxygen atoms in total. The Morgan fingerprint density at radius 3 is 2.73 bits per heavy atom. The van der Waals surface area contributed by atoms with E-state index < -0.39 is 0 Å². The predicted octanol–water partition coefficient (Wildman–Crippen LogP) is 5.92. The van der Waals surface area contributed by atoms with Crippen LogP contribution in [0.2, 0.25) is 5.02 Å². The molecule has 1 aliphatic heterocycles. The third-order valence-electron chi connectivity index (χ3n) is 6.18. The summed E-state index contributed by atoms with van der Waals surface area (Å²) >= 11 is 7.77. The zero-order valence-electron chi connectivity index (χ0n) is 18.9. The Morgan fingerprint density at radius 1 is 1.15 bits per heavy atom. The van der Waals surface area contributed by atoms with Gasteiger partial charge in [-0.2, -0.15) is 10.1 Å². The molecular formula is C25H26ClN5OS. The van der Waals surface area contributed by atoms with E-state index in [9.17, 15) is 4.79 Å². The van der Waals surface area contributed by atoms with Gasteiger partial charge in [0.15, 0.2) is 10.8 Å². The van der Waals surface area contributed by atoms with Crippen LogP contribution in [0.15, 0.2) is 42.5 Å². The number of anilines is 2. The number of nitrogens with one attached hydrogen (secondary N) is 1. The van der Waals surface area contributed by atoms with Crippen LogP contribution >= 0.6 is 22.9 Å². The smallest absolute Gasteiger partial charge is 0.229 e. The zero-order valence-corrected chi connectivity index (χ0v) is 20.5. The van der Waals surface area contributed by atoms with E-state index in [0.29, 0.717) is 11.6 Å². The molecule has 1 fully saturated rings. The minimum Gasteiger partial charge on any atom is -0.347 e. The molecule has 5 rings (SSSR count). The van der Waals surface area contributed by atoms with Gasteiger partial charge in [0.1, 0.15) is 0 Å². The first-order chi connectivity index (χ1) is 15.9. The molecule has 0 radical (unpaired) electrons. The highest BCUT2D eigenvalue weighted by Gasteiger charge is 2.28. The Labute approximate surface area is 202 Å². The fraction of sp³-hybridized carbons (Fsp3) is 0.320. The van der Waals surface area contributed by atoms with Gasteiger partial charge in [0.2, 0.25) is 5.91 Å². The van der Waals surface area contributed by atoms with E-state index in [0.717, 1.165) is 57.5 Å². The fourth-order valence-corrected chi connectivity index (χ4v) is 5.45. The topological polar surface area (TPSA) is 63.1 Å². The van der Waals surface area contributed by atoms with Crippen LogP contribution in [-0.4, -0.2) is 33.8 Å². The predicted molar refractivity (Wildman–Crippen MR) is 136 cm³/mol. The van der Waals surface area contributed by atoms with E-state index in [-0.39, 0.29) is 11.8 Å². The second kappa shape index (κ2) is 8.80. The van der Waals surface area contributed by atoms with Crippen molar-refractivity contribution in [2.24, 2.45) is 5.92 Å². The molecule has 1 aliphatic rings. The standard InChI is InChI=1S/C25H26ClN5OS/c1-15-6-10-20(11-7-15)31-23-22(17(3)29-31)33-25(28-23)30-12-4-5-18(14-30)24(32)27-21-13-19(26)9-8-16(21)2/h6-11,13,18H,4-5,12,14H2,1-3H3,(H,27,32)/t18-/m0/s1. The van der Waals surface area contributed by atoms with Crippen molar-refractivity contribution >= 4 is 50.0 Å². The quantitative estimate of drug-likeness (QED) is 0.395. The lowest BCUT2D eigenvalue weighted by atomic mass is 9.97. The minimum absolute atomic E-state index is 0.0354. The molecule has 1 saturated heterocycles. The first-order valence-electron chi connectivity index (χ1n) is 11.1. The third-order valence-corrected chi connectivity index (χ3v) is 7.63. The Kier molecular flexibility index (Phi) is 5.85. The molecule has 2 aromatic carbocycles. The number of hydrogen-bond acceptors (Lipinski definition) is 5. The van der Waals surface area contributed by atoms with Crippen molar-refractivity contribution in [3.05, 3.63) is 64.3 Å². The molecule has 0 saturated carbocycles. The lowest BCUT2D eigenvalue weighted by molar-refractivity contribution is -0.120. The lowest BCUT2D eigenvalue weighted by Gasteiger charge is -2.31. The summed E-state index contributed by atoms with van der Waals surface area (Å²) in [6.45, 7) is 7.62. The highest BCUT2D eigenvalue weighted by molar-refractivity contribution is 7.22. The number of aromatic nitrogens is 3.